The molecule has 0 radical (unpaired) electrons. The first-order chi connectivity index (χ1) is 17.7. The quantitative estimate of drug-likeness (QED) is 0.314. The first kappa shape index (κ1) is 25.3. The minimum Gasteiger partial charge on any atom is -0.455 e. The number of hydrazine groups is 1. The molecule has 37 heavy (non-hydrogen) atoms. The fourth-order valence-corrected chi connectivity index (χ4v) is 3.97. The van der Waals surface area contributed by atoms with E-state index in [-0.39, 0.29) is 11.4 Å². The van der Waals surface area contributed by atoms with Crippen LogP contribution in [-0.4, -0.2) is 27.4 Å². The molecule has 3 aromatic rings. The van der Waals surface area contributed by atoms with Gasteiger partial charge in [-0.1, -0.05) is 11.6 Å². The second-order valence-electron chi connectivity index (χ2n) is 8.01. The first-order valence-electron chi connectivity index (χ1n) is 10.9. The highest BCUT2D eigenvalue weighted by molar-refractivity contribution is 6.30. The van der Waals surface area contributed by atoms with E-state index in [2.05, 4.69) is 21.4 Å². The minimum atomic E-state index is -0.744. The lowest BCUT2D eigenvalue weighted by molar-refractivity contribution is -0.393. The summed E-state index contributed by atoms with van der Waals surface area (Å²) in [6.45, 7) is 1.66. The van der Waals surface area contributed by atoms with Gasteiger partial charge in [0, 0.05) is 34.2 Å². The highest BCUT2D eigenvalue weighted by Crippen LogP contribution is 2.32. The molecule has 190 valence electrons. The van der Waals surface area contributed by atoms with Crippen molar-refractivity contribution >= 4 is 46.2 Å². The van der Waals surface area contributed by atoms with E-state index in [0.29, 0.717) is 52.4 Å². The molecule has 14 heteroatoms. The van der Waals surface area contributed by atoms with Gasteiger partial charge in [0.25, 0.3) is 11.6 Å². The molecule has 0 bridgehead atoms. The van der Waals surface area contributed by atoms with Crippen molar-refractivity contribution in [3.8, 4) is 0 Å². The van der Waals surface area contributed by atoms with Gasteiger partial charge < -0.3 is 4.42 Å². The third-order valence-electron chi connectivity index (χ3n) is 5.63. The summed E-state index contributed by atoms with van der Waals surface area (Å²) in [7, 11) is 0. The molecule has 0 spiro atoms. The lowest BCUT2D eigenvalue weighted by Crippen LogP contribution is -2.41. The predicted molar refractivity (Wildman–Crippen MR) is 133 cm³/mol. The van der Waals surface area contributed by atoms with Gasteiger partial charge in [-0.2, -0.15) is 5.10 Å². The molecule has 2 amide bonds. The molecule has 1 aliphatic carbocycles. The molecular weight excluding hydrogens is 508 g/mol. The molecule has 0 saturated carbocycles. The fourth-order valence-electron chi connectivity index (χ4n) is 3.85. The first-order valence-corrected chi connectivity index (χ1v) is 11.3. The van der Waals surface area contributed by atoms with E-state index < -0.39 is 33.0 Å². The number of fused-ring (bicyclic) bond motifs is 1. The monoisotopic (exact) mass is 526 g/mol. The van der Waals surface area contributed by atoms with E-state index >= 15 is 0 Å². The van der Waals surface area contributed by atoms with Gasteiger partial charge in [-0.25, -0.2) is 0 Å². The van der Waals surface area contributed by atoms with Crippen LogP contribution in [0.25, 0.3) is 0 Å². The summed E-state index contributed by atoms with van der Waals surface area (Å²) in [6, 6.07) is 9.28. The van der Waals surface area contributed by atoms with Crippen LogP contribution < -0.4 is 16.3 Å². The Labute approximate surface area is 213 Å². The Balaban J connectivity index is 1.53. The number of nitrogens with zero attached hydrogens (tertiary/aromatic N) is 3. The van der Waals surface area contributed by atoms with Crippen LogP contribution in [0.1, 0.15) is 50.6 Å². The number of non-ortho nitro benzene ring substituents is 1. The zero-order chi connectivity index (χ0) is 26.7. The molecule has 0 unspecified atom stereocenters. The number of aryl methyl sites for hydroxylation is 1. The normalized spacial score (nSPS) is 13.5. The number of nitro groups is 2. The van der Waals surface area contributed by atoms with Crippen molar-refractivity contribution in [3.05, 3.63) is 95.9 Å². The Morgan fingerprint density at radius 3 is 2.38 bits per heavy atom. The van der Waals surface area contributed by atoms with E-state index in [1.807, 2.05) is 0 Å². The molecule has 3 N–H and O–H groups in total. The molecule has 0 aliphatic heterocycles. The number of amides is 2. The molecule has 0 fully saturated rings. The zero-order valence-corrected chi connectivity index (χ0v) is 20.0. The summed E-state index contributed by atoms with van der Waals surface area (Å²) >= 11 is 5.82. The molecule has 0 saturated heterocycles. The summed E-state index contributed by atoms with van der Waals surface area (Å²) in [5.74, 6) is -0.725. The minimum absolute atomic E-state index is 0.0164. The van der Waals surface area contributed by atoms with Crippen molar-refractivity contribution in [1.82, 2.24) is 10.9 Å². The molecule has 1 aromatic heterocycles. The number of furan rings is 1. The van der Waals surface area contributed by atoms with Crippen molar-refractivity contribution in [2.75, 3.05) is 5.43 Å². The van der Waals surface area contributed by atoms with Crippen molar-refractivity contribution < 1.29 is 23.9 Å². The molecule has 1 aliphatic rings. The molecular formula is C23H19ClN6O7. The highest BCUT2D eigenvalue weighted by Gasteiger charge is 2.28. The Morgan fingerprint density at radius 1 is 1.00 bits per heavy atom. The number of carbonyl (C=O) groups excluding carboxylic acids is 2. The van der Waals surface area contributed by atoms with E-state index in [4.69, 9.17) is 16.0 Å². The Morgan fingerprint density at radius 2 is 1.70 bits per heavy atom. The third kappa shape index (κ3) is 5.41. The van der Waals surface area contributed by atoms with Crippen LogP contribution in [0, 0.1) is 27.2 Å². The van der Waals surface area contributed by atoms with Gasteiger partial charge in [0.15, 0.2) is 5.76 Å². The number of hydrogen-bond donors (Lipinski definition) is 3. The van der Waals surface area contributed by atoms with Gasteiger partial charge in [-0.15, -0.1) is 0 Å². The third-order valence-corrected chi connectivity index (χ3v) is 5.88. The number of rotatable bonds is 6. The fraction of sp³-hybridized carbons (Fsp3) is 0.174. The number of anilines is 1. The zero-order valence-electron chi connectivity index (χ0n) is 19.2. The van der Waals surface area contributed by atoms with Crippen molar-refractivity contribution in [2.45, 2.75) is 26.2 Å². The maximum absolute atomic E-state index is 12.7. The largest absolute Gasteiger partial charge is 0.455 e. The van der Waals surface area contributed by atoms with Gasteiger partial charge in [0.2, 0.25) is 0 Å². The summed E-state index contributed by atoms with van der Waals surface area (Å²) < 4.78 is 5.77. The van der Waals surface area contributed by atoms with Gasteiger partial charge in [0.05, 0.1) is 21.6 Å². The Kier molecular flexibility index (Phi) is 7.15. The highest BCUT2D eigenvalue weighted by atomic mass is 35.5. The van der Waals surface area contributed by atoms with Gasteiger partial charge in [0.1, 0.15) is 11.4 Å². The molecule has 1 heterocycles. The average Bonchev–Trinajstić information content (AvgIpc) is 3.23. The van der Waals surface area contributed by atoms with E-state index in [9.17, 15) is 29.8 Å². The molecule has 0 atom stereocenters. The molecule has 13 nitrogen and oxygen atoms in total. The maximum atomic E-state index is 12.7. The second kappa shape index (κ2) is 10.5. The lowest BCUT2D eigenvalue weighted by Gasteiger charge is -2.13. The second-order valence-corrected chi connectivity index (χ2v) is 8.45. The Hall–Kier alpha value is -4.78. The number of hydrogen-bond acceptors (Lipinski definition) is 9. The van der Waals surface area contributed by atoms with Crippen LogP contribution in [0.15, 0.2) is 52.0 Å². The SMILES string of the molecule is Cc1c(C(=O)NNC(=O)c2ccc(Cl)cc2)oc2c1/C(=N/Nc1ccc([N+](=O)[O-])cc1[N+](=O)[O-])CCC2. The number of nitro benzene ring substituents is 2. The summed E-state index contributed by atoms with van der Waals surface area (Å²) in [6.07, 6.45) is 1.68. The van der Waals surface area contributed by atoms with Gasteiger partial charge >= 0.3 is 11.6 Å². The number of halogens is 1. The lowest BCUT2D eigenvalue weighted by atomic mass is 9.93. The van der Waals surface area contributed by atoms with Crippen LogP contribution in [0.2, 0.25) is 5.02 Å². The van der Waals surface area contributed by atoms with Crippen LogP contribution >= 0.6 is 11.6 Å². The smallest absolute Gasteiger partial charge is 0.305 e. The van der Waals surface area contributed by atoms with E-state index in [0.717, 1.165) is 12.1 Å². The molecule has 2 aromatic carbocycles. The number of nitrogens with one attached hydrogen (secondary N) is 3. The molecule has 4 rings (SSSR count). The number of hydrazone groups is 1. The standard InChI is InChI=1S/C23H19ClN6O7/c1-12-20-17(26-25-16-10-9-15(29(33)34)11-18(16)30(35)36)3-2-4-19(20)37-21(12)23(32)28-27-22(31)13-5-7-14(24)8-6-13/h5-11,25H,2-4H2,1H3,(H,27,31)(H,28,32)/b26-17+. The Bertz CT molecular complexity index is 1450. The van der Waals surface area contributed by atoms with E-state index in [1.165, 1.54) is 18.2 Å². The van der Waals surface area contributed by atoms with Crippen LogP contribution in [-0.2, 0) is 6.42 Å². The van der Waals surface area contributed by atoms with Gasteiger partial charge in [-0.05, 0) is 50.1 Å². The summed E-state index contributed by atoms with van der Waals surface area (Å²) in [5, 5.41) is 27.1. The summed E-state index contributed by atoms with van der Waals surface area (Å²) in [4.78, 5) is 45.9. The van der Waals surface area contributed by atoms with Crippen LogP contribution in [0.5, 0.6) is 0 Å². The predicted octanol–water partition coefficient (Wildman–Crippen LogP) is 4.29. The number of carbonyl (C=O) groups is 2. The van der Waals surface area contributed by atoms with Crippen molar-refractivity contribution in [1.29, 1.82) is 0 Å². The van der Waals surface area contributed by atoms with Gasteiger partial charge in [-0.3, -0.25) is 46.1 Å². The van der Waals surface area contributed by atoms with E-state index in [1.54, 1.807) is 19.1 Å². The summed E-state index contributed by atoms with van der Waals surface area (Å²) in [5.41, 5.74) is 8.14. The van der Waals surface area contributed by atoms with Crippen molar-refractivity contribution in [3.63, 3.8) is 0 Å². The topological polar surface area (TPSA) is 182 Å². The maximum Gasteiger partial charge on any atom is 0.305 e. The van der Waals surface area contributed by atoms with Crippen LogP contribution in [0.3, 0.4) is 0 Å². The van der Waals surface area contributed by atoms with Crippen molar-refractivity contribution in [2.24, 2.45) is 5.10 Å². The van der Waals surface area contributed by atoms with Crippen LogP contribution in [0.4, 0.5) is 17.1 Å². The average molecular weight is 527 g/mol. The number of benzene rings is 2.